The van der Waals surface area contributed by atoms with E-state index in [4.69, 9.17) is 0 Å². The van der Waals surface area contributed by atoms with E-state index < -0.39 is 10.0 Å². The van der Waals surface area contributed by atoms with Crippen LogP contribution in [0, 0.1) is 17.2 Å². The molecule has 0 aliphatic heterocycles. The molecular formula is C12H16N2O2S2. The Morgan fingerprint density at radius 1 is 1.56 bits per heavy atom. The summed E-state index contributed by atoms with van der Waals surface area (Å²) in [5.74, 6) is 0.634. The predicted molar refractivity (Wildman–Crippen MR) is 73.3 cm³/mol. The normalized spacial score (nSPS) is 19.1. The third kappa shape index (κ3) is 2.52. The number of hydrogen-bond donors (Lipinski definition) is 1. The SMILES string of the molecule is CCS(=O)(=O)Nc1sc2c(c1C#N)CCC(C)C2. The number of rotatable bonds is 3. The van der Waals surface area contributed by atoms with Gasteiger partial charge in [-0.3, -0.25) is 4.72 Å². The van der Waals surface area contributed by atoms with Gasteiger partial charge in [-0.2, -0.15) is 5.26 Å². The lowest BCUT2D eigenvalue weighted by Crippen LogP contribution is -2.14. The summed E-state index contributed by atoms with van der Waals surface area (Å²) in [7, 11) is -3.31. The summed E-state index contributed by atoms with van der Waals surface area (Å²) in [6.07, 6.45) is 2.89. The highest BCUT2D eigenvalue weighted by molar-refractivity contribution is 7.92. The lowest BCUT2D eigenvalue weighted by atomic mass is 9.89. The molecule has 1 aliphatic rings. The Balaban J connectivity index is 2.41. The molecule has 18 heavy (non-hydrogen) atoms. The number of thiophene rings is 1. The highest BCUT2D eigenvalue weighted by atomic mass is 32.2. The molecule has 1 aromatic rings. The Morgan fingerprint density at radius 2 is 2.28 bits per heavy atom. The molecule has 0 fully saturated rings. The summed E-state index contributed by atoms with van der Waals surface area (Å²) in [4.78, 5) is 1.17. The van der Waals surface area contributed by atoms with E-state index in [-0.39, 0.29) is 5.75 Å². The van der Waals surface area contributed by atoms with E-state index >= 15 is 0 Å². The number of nitrogens with zero attached hydrogens (tertiary/aromatic N) is 1. The number of sulfonamides is 1. The van der Waals surface area contributed by atoms with Crippen LogP contribution in [0.3, 0.4) is 0 Å². The van der Waals surface area contributed by atoms with E-state index in [0.717, 1.165) is 24.8 Å². The van der Waals surface area contributed by atoms with E-state index in [1.54, 1.807) is 6.92 Å². The first kappa shape index (κ1) is 13.4. The van der Waals surface area contributed by atoms with Crippen molar-refractivity contribution >= 4 is 26.4 Å². The Bertz CT molecular complexity index is 596. The van der Waals surface area contributed by atoms with E-state index in [9.17, 15) is 13.7 Å². The molecule has 98 valence electrons. The van der Waals surface area contributed by atoms with Gasteiger partial charge in [-0.1, -0.05) is 6.92 Å². The number of fused-ring (bicyclic) bond motifs is 1. The molecule has 1 N–H and O–H groups in total. The largest absolute Gasteiger partial charge is 0.273 e. The lowest BCUT2D eigenvalue weighted by Gasteiger charge is -2.17. The van der Waals surface area contributed by atoms with Crippen molar-refractivity contribution in [3.63, 3.8) is 0 Å². The van der Waals surface area contributed by atoms with Crippen LogP contribution >= 0.6 is 11.3 Å². The molecule has 0 amide bonds. The van der Waals surface area contributed by atoms with Crippen LogP contribution in [-0.2, 0) is 22.9 Å². The molecule has 0 aromatic carbocycles. The molecule has 1 aliphatic carbocycles. The molecule has 0 radical (unpaired) electrons. The molecule has 0 saturated carbocycles. The van der Waals surface area contributed by atoms with Gasteiger partial charge in [0.1, 0.15) is 11.1 Å². The Kier molecular flexibility index (Phi) is 3.64. The van der Waals surface area contributed by atoms with Gasteiger partial charge in [0.25, 0.3) is 0 Å². The maximum Gasteiger partial charge on any atom is 0.233 e. The van der Waals surface area contributed by atoms with Crippen LogP contribution in [0.25, 0.3) is 0 Å². The maximum absolute atomic E-state index is 11.6. The third-order valence-corrected chi connectivity index (χ3v) is 5.83. The van der Waals surface area contributed by atoms with Crippen molar-refractivity contribution in [2.24, 2.45) is 5.92 Å². The summed E-state index contributed by atoms with van der Waals surface area (Å²) in [5, 5.41) is 9.72. The zero-order valence-corrected chi connectivity index (χ0v) is 12.1. The zero-order valence-electron chi connectivity index (χ0n) is 10.5. The Morgan fingerprint density at radius 3 is 2.89 bits per heavy atom. The summed E-state index contributed by atoms with van der Waals surface area (Å²) in [5.41, 5.74) is 1.58. The summed E-state index contributed by atoms with van der Waals surface area (Å²) >= 11 is 1.42. The first-order chi connectivity index (χ1) is 8.46. The summed E-state index contributed by atoms with van der Waals surface area (Å²) in [6.45, 7) is 3.77. The van der Waals surface area contributed by atoms with Crippen molar-refractivity contribution in [2.45, 2.75) is 33.1 Å². The second kappa shape index (κ2) is 4.90. The molecule has 4 nitrogen and oxygen atoms in total. The molecule has 0 spiro atoms. The molecule has 0 saturated heterocycles. The molecule has 1 heterocycles. The Labute approximate surface area is 112 Å². The van der Waals surface area contributed by atoms with E-state index in [1.807, 2.05) is 0 Å². The van der Waals surface area contributed by atoms with Gasteiger partial charge in [0.05, 0.1) is 11.3 Å². The average Bonchev–Trinajstić information content (AvgIpc) is 2.64. The minimum atomic E-state index is -3.31. The van der Waals surface area contributed by atoms with Crippen LogP contribution in [-0.4, -0.2) is 14.2 Å². The van der Waals surface area contributed by atoms with Gasteiger partial charge >= 0.3 is 0 Å². The van der Waals surface area contributed by atoms with E-state index in [1.165, 1.54) is 16.2 Å². The first-order valence-electron chi connectivity index (χ1n) is 6.02. The van der Waals surface area contributed by atoms with Crippen molar-refractivity contribution in [1.29, 1.82) is 5.26 Å². The van der Waals surface area contributed by atoms with Gasteiger partial charge in [0.15, 0.2) is 0 Å². The fourth-order valence-corrected chi connectivity index (χ4v) is 4.44. The quantitative estimate of drug-likeness (QED) is 0.927. The van der Waals surface area contributed by atoms with Gasteiger partial charge in [0, 0.05) is 4.88 Å². The standard InChI is InChI=1S/C12H16N2O2S2/c1-3-18(15,16)14-12-10(7-13)9-5-4-8(2)6-11(9)17-12/h8,14H,3-6H2,1-2H3. The third-order valence-electron chi connectivity index (χ3n) is 3.25. The van der Waals surface area contributed by atoms with Gasteiger partial charge in [-0.05, 0) is 37.7 Å². The molecule has 1 aromatic heterocycles. The maximum atomic E-state index is 11.6. The summed E-state index contributed by atoms with van der Waals surface area (Å²) < 4.78 is 25.7. The molecule has 1 atom stereocenters. The lowest BCUT2D eigenvalue weighted by molar-refractivity contribution is 0.507. The predicted octanol–water partition coefficient (Wildman–Crippen LogP) is 2.51. The molecular weight excluding hydrogens is 268 g/mol. The van der Waals surface area contributed by atoms with Crippen molar-refractivity contribution < 1.29 is 8.42 Å². The number of nitriles is 1. The molecule has 1 unspecified atom stereocenters. The molecule has 0 bridgehead atoms. The van der Waals surface area contributed by atoms with Gasteiger partial charge in [-0.25, -0.2) is 8.42 Å². The van der Waals surface area contributed by atoms with Crippen LogP contribution < -0.4 is 4.72 Å². The van der Waals surface area contributed by atoms with Crippen LogP contribution in [0.1, 0.15) is 36.3 Å². The van der Waals surface area contributed by atoms with Gasteiger partial charge in [-0.15, -0.1) is 11.3 Å². The van der Waals surface area contributed by atoms with Crippen LogP contribution in [0.4, 0.5) is 5.00 Å². The number of hydrogen-bond acceptors (Lipinski definition) is 4. The topological polar surface area (TPSA) is 70.0 Å². The molecule has 6 heteroatoms. The van der Waals surface area contributed by atoms with Gasteiger partial charge in [0.2, 0.25) is 10.0 Å². The number of anilines is 1. The number of nitrogens with one attached hydrogen (secondary N) is 1. The monoisotopic (exact) mass is 284 g/mol. The second-order valence-electron chi connectivity index (χ2n) is 4.67. The van der Waals surface area contributed by atoms with Crippen LogP contribution in [0.15, 0.2) is 0 Å². The zero-order chi connectivity index (χ0) is 13.3. The van der Waals surface area contributed by atoms with Crippen molar-refractivity contribution in [2.75, 3.05) is 10.5 Å². The highest BCUT2D eigenvalue weighted by Crippen LogP contribution is 2.39. The first-order valence-corrected chi connectivity index (χ1v) is 8.48. The van der Waals surface area contributed by atoms with Crippen molar-refractivity contribution in [3.8, 4) is 6.07 Å². The van der Waals surface area contributed by atoms with Crippen LogP contribution in [0.2, 0.25) is 0 Å². The Hall–Kier alpha value is -1.06. The van der Waals surface area contributed by atoms with Gasteiger partial charge < -0.3 is 0 Å². The minimum Gasteiger partial charge on any atom is -0.273 e. The van der Waals surface area contributed by atoms with Crippen molar-refractivity contribution in [3.05, 3.63) is 16.0 Å². The summed E-state index contributed by atoms with van der Waals surface area (Å²) in [6, 6.07) is 2.15. The van der Waals surface area contributed by atoms with E-state index in [2.05, 4.69) is 17.7 Å². The smallest absolute Gasteiger partial charge is 0.233 e. The fourth-order valence-electron chi connectivity index (χ4n) is 2.15. The van der Waals surface area contributed by atoms with Crippen molar-refractivity contribution in [1.82, 2.24) is 0 Å². The average molecular weight is 284 g/mol. The second-order valence-corrected chi connectivity index (χ2v) is 7.79. The fraction of sp³-hybridized carbons (Fsp3) is 0.583. The van der Waals surface area contributed by atoms with E-state index in [0.29, 0.717) is 16.5 Å². The van der Waals surface area contributed by atoms with Crippen LogP contribution in [0.5, 0.6) is 0 Å². The molecule has 2 rings (SSSR count). The minimum absolute atomic E-state index is 0.0246. The highest BCUT2D eigenvalue weighted by Gasteiger charge is 2.25.